The highest BCUT2D eigenvalue weighted by Gasteiger charge is 2.04. The van der Waals surface area contributed by atoms with Crippen molar-refractivity contribution in [1.29, 1.82) is 0 Å². The van der Waals surface area contributed by atoms with E-state index in [1.807, 2.05) is 19.9 Å². The van der Waals surface area contributed by atoms with Gasteiger partial charge in [0.1, 0.15) is 17.5 Å². The van der Waals surface area contributed by atoms with Crippen LogP contribution in [0.1, 0.15) is 39.4 Å². The smallest absolute Gasteiger partial charge is 0.132 e. The second-order valence-electron chi connectivity index (χ2n) is 5.43. The van der Waals surface area contributed by atoms with Crippen LogP contribution in [-0.2, 0) is 0 Å². The summed E-state index contributed by atoms with van der Waals surface area (Å²) < 4.78 is 0. The third-order valence-electron chi connectivity index (χ3n) is 2.85. The van der Waals surface area contributed by atoms with E-state index in [2.05, 4.69) is 34.4 Å². The molecule has 1 aromatic rings. The van der Waals surface area contributed by atoms with Gasteiger partial charge in [0.25, 0.3) is 0 Å². The molecule has 0 spiro atoms. The van der Waals surface area contributed by atoms with E-state index in [1.54, 1.807) is 0 Å². The zero-order chi connectivity index (χ0) is 14.3. The minimum Gasteiger partial charge on any atom is -0.370 e. The molecule has 19 heavy (non-hydrogen) atoms. The summed E-state index contributed by atoms with van der Waals surface area (Å²) >= 11 is 0. The Morgan fingerprint density at radius 3 is 2.53 bits per heavy atom. The number of nitrogens with one attached hydrogen (secondary N) is 2. The molecule has 0 saturated carbocycles. The normalized spacial score (nSPS) is 12.5. The number of hydrogen-bond donors (Lipinski definition) is 3. The topological polar surface area (TPSA) is 75.9 Å². The Hall–Kier alpha value is -1.36. The molecule has 1 heterocycles. The van der Waals surface area contributed by atoms with Crippen LogP contribution in [0.4, 0.5) is 11.6 Å². The standard InChI is InChI=1S/C14H27N5/c1-10(2)6-5-7-16-13-8-14(17-11(3)9-15)19-12(4)18-13/h8,10-11H,5-7,9,15H2,1-4H3,(H2,16,17,18,19). The molecule has 5 heteroatoms. The van der Waals surface area contributed by atoms with E-state index in [9.17, 15) is 0 Å². The molecule has 5 nitrogen and oxygen atoms in total. The Balaban J connectivity index is 2.53. The van der Waals surface area contributed by atoms with Crippen molar-refractivity contribution in [3.8, 4) is 0 Å². The number of hydrogen-bond acceptors (Lipinski definition) is 5. The molecule has 0 bridgehead atoms. The van der Waals surface area contributed by atoms with Crippen molar-refractivity contribution < 1.29 is 0 Å². The van der Waals surface area contributed by atoms with Gasteiger partial charge in [-0.15, -0.1) is 0 Å². The Morgan fingerprint density at radius 1 is 1.21 bits per heavy atom. The fourth-order valence-corrected chi connectivity index (χ4v) is 1.77. The second kappa shape index (κ2) is 7.94. The molecule has 0 aliphatic rings. The maximum atomic E-state index is 5.60. The minimum atomic E-state index is 0.211. The van der Waals surface area contributed by atoms with Gasteiger partial charge in [-0.25, -0.2) is 9.97 Å². The Bertz CT molecular complexity index is 378. The summed E-state index contributed by atoms with van der Waals surface area (Å²) in [5, 5.41) is 6.62. The predicted molar refractivity (Wildman–Crippen MR) is 81.5 cm³/mol. The van der Waals surface area contributed by atoms with Gasteiger partial charge in [-0.1, -0.05) is 13.8 Å². The molecule has 0 amide bonds. The SMILES string of the molecule is Cc1nc(NCCCC(C)C)cc(NC(C)CN)n1. The molecule has 1 unspecified atom stereocenters. The largest absolute Gasteiger partial charge is 0.370 e. The van der Waals surface area contributed by atoms with Crippen molar-refractivity contribution in [1.82, 2.24) is 9.97 Å². The van der Waals surface area contributed by atoms with Crippen LogP contribution in [0.2, 0.25) is 0 Å². The Labute approximate surface area is 116 Å². The summed E-state index contributed by atoms with van der Waals surface area (Å²) in [6.45, 7) is 9.95. The molecule has 0 radical (unpaired) electrons. The fourth-order valence-electron chi connectivity index (χ4n) is 1.77. The van der Waals surface area contributed by atoms with Crippen LogP contribution in [-0.4, -0.2) is 29.1 Å². The van der Waals surface area contributed by atoms with E-state index >= 15 is 0 Å². The van der Waals surface area contributed by atoms with Crippen LogP contribution in [0.5, 0.6) is 0 Å². The molecular weight excluding hydrogens is 238 g/mol. The van der Waals surface area contributed by atoms with Crippen LogP contribution in [0.3, 0.4) is 0 Å². The Morgan fingerprint density at radius 2 is 1.89 bits per heavy atom. The lowest BCUT2D eigenvalue weighted by Crippen LogP contribution is -2.26. The molecule has 0 saturated heterocycles. The van der Waals surface area contributed by atoms with E-state index < -0.39 is 0 Å². The van der Waals surface area contributed by atoms with Crippen LogP contribution in [0.15, 0.2) is 6.07 Å². The minimum absolute atomic E-state index is 0.211. The molecule has 0 fully saturated rings. The number of nitrogens with zero attached hydrogens (tertiary/aromatic N) is 2. The number of aromatic nitrogens is 2. The van der Waals surface area contributed by atoms with Crippen LogP contribution < -0.4 is 16.4 Å². The number of nitrogens with two attached hydrogens (primary N) is 1. The summed E-state index contributed by atoms with van der Waals surface area (Å²) in [4.78, 5) is 8.75. The first kappa shape index (κ1) is 15.7. The molecule has 1 atom stereocenters. The number of anilines is 2. The summed E-state index contributed by atoms with van der Waals surface area (Å²) in [5.41, 5.74) is 5.60. The zero-order valence-electron chi connectivity index (χ0n) is 12.5. The van der Waals surface area contributed by atoms with Gasteiger partial charge in [0.2, 0.25) is 0 Å². The molecule has 0 aliphatic heterocycles. The van der Waals surface area contributed by atoms with Crippen molar-refractivity contribution in [2.24, 2.45) is 11.7 Å². The fraction of sp³-hybridized carbons (Fsp3) is 0.714. The highest BCUT2D eigenvalue weighted by atomic mass is 15.1. The lowest BCUT2D eigenvalue weighted by molar-refractivity contribution is 0.566. The van der Waals surface area contributed by atoms with Gasteiger partial charge in [0.05, 0.1) is 0 Å². The first-order chi connectivity index (χ1) is 9.01. The van der Waals surface area contributed by atoms with Gasteiger partial charge in [-0.2, -0.15) is 0 Å². The molecule has 0 aromatic carbocycles. The van der Waals surface area contributed by atoms with E-state index in [1.165, 1.54) is 6.42 Å². The van der Waals surface area contributed by atoms with Crippen molar-refractivity contribution in [3.05, 3.63) is 11.9 Å². The molecule has 1 aromatic heterocycles. The summed E-state index contributed by atoms with van der Waals surface area (Å²) in [6.07, 6.45) is 2.38. The predicted octanol–water partition coefficient (Wildman–Crippen LogP) is 2.39. The van der Waals surface area contributed by atoms with Gasteiger partial charge in [0.15, 0.2) is 0 Å². The van der Waals surface area contributed by atoms with E-state index in [4.69, 9.17) is 5.73 Å². The second-order valence-corrected chi connectivity index (χ2v) is 5.43. The van der Waals surface area contributed by atoms with E-state index in [0.717, 1.165) is 36.3 Å². The summed E-state index contributed by atoms with van der Waals surface area (Å²) in [6, 6.07) is 2.15. The van der Waals surface area contributed by atoms with Gasteiger partial charge in [0, 0.05) is 25.2 Å². The quantitative estimate of drug-likeness (QED) is 0.629. The van der Waals surface area contributed by atoms with Gasteiger partial charge in [-0.3, -0.25) is 0 Å². The van der Waals surface area contributed by atoms with Crippen molar-refractivity contribution in [2.45, 2.75) is 46.6 Å². The van der Waals surface area contributed by atoms with Gasteiger partial charge < -0.3 is 16.4 Å². The van der Waals surface area contributed by atoms with Crippen molar-refractivity contribution in [3.63, 3.8) is 0 Å². The van der Waals surface area contributed by atoms with Crippen LogP contribution >= 0.6 is 0 Å². The average Bonchev–Trinajstić information content (AvgIpc) is 2.33. The first-order valence-corrected chi connectivity index (χ1v) is 7.07. The van der Waals surface area contributed by atoms with Crippen molar-refractivity contribution >= 4 is 11.6 Å². The molecular formula is C14H27N5. The lowest BCUT2D eigenvalue weighted by Gasteiger charge is -2.14. The molecule has 0 aliphatic carbocycles. The monoisotopic (exact) mass is 265 g/mol. The Kier molecular flexibility index (Phi) is 6.56. The third kappa shape index (κ3) is 6.38. The van der Waals surface area contributed by atoms with Crippen LogP contribution in [0, 0.1) is 12.8 Å². The molecule has 108 valence electrons. The average molecular weight is 265 g/mol. The lowest BCUT2D eigenvalue weighted by atomic mass is 10.1. The van der Waals surface area contributed by atoms with Gasteiger partial charge >= 0.3 is 0 Å². The summed E-state index contributed by atoms with van der Waals surface area (Å²) in [7, 11) is 0. The highest BCUT2D eigenvalue weighted by molar-refractivity contribution is 5.47. The highest BCUT2D eigenvalue weighted by Crippen LogP contribution is 2.12. The number of rotatable bonds is 8. The molecule has 4 N–H and O–H groups in total. The van der Waals surface area contributed by atoms with Crippen molar-refractivity contribution in [2.75, 3.05) is 23.7 Å². The van der Waals surface area contributed by atoms with Gasteiger partial charge in [-0.05, 0) is 32.6 Å². The zero-order valence-corrected chi connectivity index (χ0v) is 12.5. The summed E-state index contributed by atoms with van der Waals surface area (Å²) in [5.74, 6) is 3.22. The first-order valence-electron chi connectivity index (χ1n) is 7.07. The number of aryl methyl sites for hydroxylation is 1. The third-order valence-corrected chi connectivity index (χ3v) is 2.85. The van der Waals surface area contributed by atoms with E-state index in [-0.39, 0.29) is 6.04 Å². The maximum absolute atomic E-state index is 5.60. The maximum Gasteiger partial charge on any atom is 0.132 e. The van der Waals surface area contributed by atoms with E-state index in [0.29, 0.717) is 6.54 Å². The van der Waals surface area contributed by atoms with Crippen LogP contribution in [0.25, 0.3) is 0 Å². The molecule has 1 rings (SSSR count).